The van der Waals surface area contributed by atoms with Crippen molar-refractivity contribution in [2.45, 2.75) is 39.0 Å². The number of carbonyl (C=O) groups excluding carboxylic acids is 1. The molecule has 0 radical (unpaired) electrons. The van der Waals surface area contributed by atoms with Gasteiger partial charge in [-0.15, -0.1) is 0 Å². The van der Waals surface area contributed by atoms with Gasteiger partial charge in [0.15, 0.2) is 0 Å². The van der Waals surface area contributed by atoms with Crippen molar-refractivity contribution in [3.8, 4) is 5.75 Å². The van der Waals surface area contributed by atoms with E-state index in [1.165, 1.54) is 32.1 Å². The molecule has 1 fully saturated rings. The zero-order valence-corrected chi connectivity index (χ0v) is 10.9. The Hall–Kier alpha value is -1.51. The Balaban J connectivity index is 1.76. The topological polar surface area (TPSA) is 38.3 Å². The van der Waals surface area contributed by atoms with E-state index in [1.54, 1.807) is 0 Å². The lowest BCUT2D eigenvalue weighted by Gasteiger charge is -2.21. The zero-order valence-electron chi connectivity index (χ0n) is 10.9. The van der Waals surface area contributed by atoms with Gasteiger partial charge in [0.25, 0.3) is 0 Å². The van der Waals surface area contributed by atoms with E-state index in [-0.39, 0.29) is 6.09 Å². The van der Waals surface area contributed by atoms with Crippen molar-refractivity contribution < 1.29 is 9.53 Å². The quantitative estimate of drug-likeness (QED) is 0.885. The second-order valence-corrected chi connectivity index (χ2v) is 5.04. The van der Waals surface area contributed by atoms with E-state index in [0.29, 0.717) is 11.7 Å². The van der Waals surface area contributed by atoms with Crippen molar-refractivity contribution in [1.82, 2.24) is 5.32 Å². The Morgan fingerprint density at radius 1 is 1.28 bits per heavy atom. The molecule has 1 amide bonds. The maximum absolute atomic E-state index is 11.7. The van der Waals surface area contributed by atoms with Gasteiger partial charge in [-0.2, -0.15) is 0 Å². The third-order valence-corrected chi connectivity index (χ3v) is 3.56. The van der Waals surface area contributed by atoms with E-state index >= 15 is 0 Å². The predicted octanol–water partition coefficient (Wildman–Crippen LogP) is 3.66. The van der Waals surface area contributed by atoms with E-state index < -0.39 is 0 Å². The van der Waals surface area contributed by atoms with Crippen molar-refractivity contribution in [2.24, 2.45) is 5.92 Å². The monoisotopic (exact) mass is 247 g/mol. The second kappa shape index (κ2) is 6.43. The number of para-hydroxylation sites is 1. The molecule has 0 bridgehead atoms. The Kier molecular flexibility index (Phi) is 4.62. The summed E-state index contributed by atoms with van der Waals surface area (Å²) < 4.78 is 5.29. The van der Waals surface area contributed by atoms with Crippen molar-refractivity contribution in [3.05, 3.63) is 29.8 Å². The fraction of sp³-hybridized carbons (Fsp3) is 0.533. The highest BCUT2D eigenvalue weighted by Crippen LogP contribution is 2.23. The predicted molar refractivity (Wildman–Crippen MR) is 71.8 cm³/mol. The molecule has 0 aliphatic heterocycles. The molecule has 0 spiro atoms. The van der Waals surface area contributed by atoms with Crippen LogP contribution in [-0.4, -0.2) is 12.6 Å². The molecule has 1 N–H and O–H groups in total. The fourth-order valence-corrected chi connectivity index (χ4v) is 2.43. The summed E-state index contributed by atoms with van der Waals surface area (Å²) in [5, 5.41) is 2.87. The molecular formula is C15H21NO2. The van der Waals surface area contributed by atoms with Crippen LogP contribution in [0.25, 0.3) is 0 Å². The first kappa shape index (κ1) is 12.9. The van der Waals surface area contributed by atoms with E-state index in [1.807, 2.05) is 31.2 Å². The molecular weight excluding hydrogens is 226 g/mol. The van der Waals surface area contributed by atoms with Gasteiger partial charge in [0.05, 0.1) is 0 Å². The molecule has 98 valence electrons. The van der Waals surface area contributed by atoms with Crippen LogP contribution in [0.15, 0.2) is 24.3 Å². The maximum Gasteiger partial charge on any atom is 0.412 e. The molecule has 0 atom stereocenters. The number of ether oxygens (including phenoxy) is 1. The summed E-state index contributed by atoms with van der Waals surface area (Å²) in [6.07, 6.45) is 6.03. The molecule has 0 unspecified atom stereocenters. The third kappa shape index (κ3) is 3.76. The lowest BCUT2D eigenvalue weighted by atomic mass is 9.89. The number of rotatable bonds is 3. The number of hydrogen-bond donors (Lipinski definition) is 1. The first-order valence-electron chi connectivity index (χ1n) is 6.77. The van der Waals surface area contributed by atoms with Gasteiger partial charge in [0.1, 0.15) is 5.75 Å². The fourth-order valence-electron chi connectivity index (χ4n) is 2.43. The molecule has 1 saturated carbocycles. The summed E-state index contributed by atoms with van der Waals surface area (Å²) in [6.45, 7) is 2.68. The maximum atomic E-state index is 11.7. The Bertz CT molecular complexity index is 397. The summed E-state index contributed by atoms with van der Waals surface area (Å²) in [5.41, 5.74) is 0.977. The van der Waals surface area contributed by atoms with Crippen LogP contribution in [0.3, 0.4) is 0 Å². The number of benzene rings is 1. The third-order valence-electron chi connectivity index (χ3n) is 3.56. The highest BCUT2D eigenvalue weighted by Gasteiger charge is 2.15. The molecule has 18 heavy (non-hydrogen) atoms. The van der Waals surface area contributed by atoms with Crippen molar-refractivity contribution in [3.63, 3.8) is 0 Å². The largest absolute Gasteiger partial charge is 0.412 e. The van der Waals surface area contributed by atoms with Crippen LogP contribution in [0.1, 0.15) is 37.7 Å². The van der Waals surface area contributed by atoms with Gasteiger partial charge in [-0.05, 0) is 37.3 Å². The number of amides is 1. The summed E-state index contributed by atoms with van der Waals surface area (Å²) in [6, 6.07) is 7.55. The molecule has 0 heterocycles. The van der Waals surface area contributed by atoms with Crippen LogP contribution in [-0.2, 0) is 0 Å². The van der Waals surface area contributed by atoms with E-state index in [2.05, 4.69) is 5.32 Å². The van der Waals surface area contributed by atoms with Crippen molar-refractivity contribution in [2.75, 3.05) is 6.54 Å². The van der Waals surface area contributed by atoms with Gasteiger partial charge in [0, 0.05) is 6.54 Å². The van der Waals surface area contributed by atoms with Gasteiger partial charge in [-0.25, -0.2) is 4.79 Å². The Morgan fingerprint density at radius 3 is 2.72 bits per heavy atom. The molecule has 0 saturated heterocycles. The molecule has 1 aromatic carbocycles. The summed E-state index contributed by atoms with van der Waals surface area (Å²) >= 11 is 0. The van der Waals surface area contributed by atoms with Crippen LogP contribution in [0.4, 0.5) is 4.79 Å². The molecule has 3 heteroatoms. The molecule has 2 rings (SSSR count). The van der Waals surface area contributed by atoms with Crippen LogP contribution in [0.5, 0.6) is 5.75 Å². The number of carbonyl (C=O) groups is 1. The first-order chi connectivity index (χ1) is 8.75. The summed E-state index contributed by atoms with van der Waals surface area (Å²) in [5.74, 6) is 1.27. The van der Waals surface area contributed by atoms with Gasteiger partial charge in [-0.1, -0.05) is 37.5 Å². The van der Waals surface area contributed by atoms with Crippen LogP contribution < -0.4 is 10.1 Å². The highest BCUT2D eigenvalue weighted by molar-refractivity contribution is 5.70. The van der Waals surface area contributed by atoms with Gasteiger partial charge in [0.2, 0.25) is 0 Å². The minimum absolute atomic E-state index is 0.338. The lowest BCUT2D eigenvalue weighted by molar-refractivity contribution is 0.196. The van der Waals surface area contributed by atoms with E-state index in [9.17, 15) is 4.79 Å². The minimum atomic E-state index is -0.338. The Labute approximate surface area is 109 Å². The van der Waals surface area contributed by atoms with Gasteiger partial charge < -0.3 is 10.1 Å². The Morgan fingerprint density at radius 2 is 2.00 bits per heavy atom. The average molecular weight is 247 g/mol. The van der Waals surface area contributed by atoms with Crippen molar-refractivity contribution in [1.29, 1.82) is 0 Å². The second-order valence-electron chi connectivity index (χ2n) is 5.04. The first-order valence-corrected chi connectivity index (χ1v) is 6.77. The molecule has 1 aliphatic rings. The lowest BCUT2D eigenvalue weighted by Crippen LogP contribution is -2.32. The zero-order chi connectivity index (χ0) is 12.8. The molecule has 1 aliphatic carbocycles. The van der Waals surface area contributed by atoms with Crippen LogP contribution in [0, 0.1) is 12.8 Å². The SMILES string of the molecule is Cc1ccccc1OC(=O)NCC1CCCCC1. The van der Waals surface area contributed by atoms with E-state index in [0.717, 1.165) is 12.1 Å². The number of aryl methyl sites for hydroxylation is 1. The minimum Gasteiger partial charge on any atom is -0.410 e. The van der Waals surface area contributed by atoms with Gasteiger partial charge in [-0.3, -0.25) is 0 Å². The number of hydrogen-bond acceptors (Lipinski definition) is 2. The van der Waals surface area contributed by atoms with Crippen LogP contribution >= 0.6 is 0 Å². The van der Waals surface area contributed by atoms with E-state index in [4.69, 9.17) is 4.74 Å². The summed E-state index contributed by atoms with van der Waals surface area (Å²) in [7, 11) is 0. The molecule has 1 aromatic rings. The van der Waals surface area contributed by atoms with Crippen molar-refractivity contribution >= 4 is 6.09 Å². The molecule has 3 nitrogen and oxygen atoms in total. The standard InChI is InChI=1S/C15H21NO2/c1-12-7-5-6-10-14(12)18-15(17)16-11-13-8-3-2-4-9-13/h5-7,10,13H,2-4,8-9,11H2,1H3,(H,16,17). The van der Waals surface area contributed by atoms with Crippen LogP contribution in [0.2, 0.25) is 0 Å². The smallest absolute Gasteiger partial charge is 0.410 e. The highest BCUT2D eigenvalue weighted by atomic mass is 16.6. The normalized spacial score (nSPS) is 16.3. The average Bonchev–Trinajstić information content (AvgIpc) is 2.40. The summed E-state index contributed by atoms with van der Waals surface area (Å²) in [4.78, 5) is 11.7. The van der Waals surface area contributed by atoms with Gasteiger partial charge >= 0.3 is 6.09 Å². The molecule has 0 aromatic heterocycles. The number of nitrogens with one attached hydrogen (secondary N) is 1.